The van der Waals surface area contributed by atoms with E-state index in [1.54, 1.807) is 0 Å². The number of aliphatic hydroxyl groups is 1. The third kappa shape index (κ3) is 3.37. The minimum atomic E-state index is -0.207. The largest absolute Gasteiger partial charge is 0.486 e. The molecule has 2 N–H and O–H groups in total. The molecule has 0 spiro atoms. The van der Waals surface area contributed by atoms with Crippen molar-refractivity contribution in [2.45, 2.75) is 32.4 Å². The van der Waals surface area contributed by atoms with Crippen molar-refractivity contribution in [3.63, 3.8) is 0 Å². The Balaban J connectivity index is 1.86. The van der Waals surface area contributed by atoms with Crippen LogP contribution in [0.1, 0.15) is 25.3 Å². The Kier molecular flexibility index (Phi) is 4.84. The second kappa shape index (κ2) is 6.61. The van der Waals surface area contributed by atoms with Crippen molar-refractivity contribution in [3.8, 4) is 11.5 Å². The van der Waals surface area contributed by atoms with Gasteiger partial charge in [-0.15, -0.1) is 0 Å². The molecule has 1 aromatic rings. The lowest BCUT2D eigenvalue weighted by molar-refractivity contribution is 0.159. The maximum atomic E-state index is 9.46. The SMILES string of the molecule is CCC(O)CCNCc1cccc2c1OCCO2. The number of rotatable bonds is 6. The average molecular weight is 251 g/mol. The van der Waals surface area contributed by atoms with Gasteiger partial charge in [-0.25, -0.2) is 0 Å². The van der Waals surface area contributed by atoms with Crippen LogP contribution in [0.3, 0.4) is 0 Å². The summed E-state index contributed by atoms with van der Waals surface area (Å²) >= 11 is 0. The molecular formula is C14H21NO3. The Morgan fingerprint density at radius 1 is 1.33 bits per heavy atom. The Hall–Kier alpha value is -1.26. The summed E-state index contributed by atoms with van der Waals surface area (Å²) in [5.41, 5.74) is 1.11. The third-order valence-corrected chi connectivity index (χ3v) is 3.09. The van der Waals surface area contributed by atoms with Gasteiger partial charge in [-0.05, 0) is 25.5 Å². The topological polar surface area (TPSA) is 50.7 Å². The summed E-state index contributed by atoms with van der Waals surface area (Å²) < 4.78 is 11.2. The van der Waals surface area contributed by atoms with E-state index in [-0.39, 0.29) is 6.10 Å². The fourth-order valence-electron chi connectivity index (χ4n) is 1.97. The molecule has 0 fully saturated rings. The Morgan fingerprint density at radius 2 is 2.17 bits per heavy atom. The molecule has 0 bridgehead atoms. The second-order valence-electron chi connectivity index (χ2n) is 4.47. The van der Waals surface area contributed by atoms with Gasteiger partial charge in [0, 0.05) is 12.1 Å². The zero-order chi connectivity index (χ0) is 12.8. The zero-order valence-electron chi connectivity index (χ0n) is 10.8. The van der Waals surface area contributed by atoms with Crippen LogP contribution in [-0.2, 0) is 6.54 Å². The molecule has 1 heterocycles. The smallest absolute Gasteiger partial charge is 0.165 e. The predicted molar refractivity (Wildman–Crippen MR) is 70.1 cm³/mol. The van der Waals surface area contributed by atoms with Crippen LogP contribution < -0.4 is 14.8 Å². The first-order valence-corrected chi connectivity index (χ1v) is 6.57. The fourth-order valence-corrected chi connectivity index (χ4v) is 1.97. The summed E-state index contributed by atoms with van der Waals surface area (Å²) in [6.07, 6.45) is 1.38. The van der Waals surface area contributed by atoms with Crippen molar-refractivity contribution < 1.29 is 14.6 Å². The van der Waals surface area contributed by atoms with Gasteiger partial charge in [0.05, 0.1) is 6.10 Å². The molecule has 1 aromatic carbocycles. The highest BCUT2D eigenvalue weighted by molar-refractivity contribution is 5.47. The quantitative estimate of drug-likeness (QED) is 0.756. The predicted octanol–water partition coefficient (Wildman–Crippen LogP) is 1.71. The lowest BCUT2D eigenvalue weighted by atomic mass is 10.1. The molecule has 4 nitrogen and oxygen atoms in total. The summed E-state index contributed by atoms with van der Waals surface area (Å²) in [6, 6.07) is 5.95. The summed E-state index contributed by atoms with van der Waals surface area (Å²) in [6.45, 7) is 4.76. The standard InChI is InChI=1S/C14H21NO3/c1-2-12(16)6-7-15-10-11-4-3-5-13-14(11)18-9-8-17-13/h3-5,12,15-16H,2,6-10H2,1H3. The van der Waals surface area contributed by atoms with Crippen LogP contribution >= 0.6 is 0 Å². The molecule has 100 valence electrons. The Morgan fingerprint density at radius 3 is 3.00 bits per heavy atom. The van der Waals surface area contributed by atoms with E-state index in [1.807, 2.05) is 25.1 Å². The van der Waals surface area contributed by atoms with Crippen molar-refractivity contribution >= 4 is 0 Å². The van der Waals surface area contributed by atoms with E-state index in [0.29, 0.717) is 13.2 Å². The summed E-state index contributed by atoms with van der Waals surface area (Å²) in [4.78, 5) is 0. The Labute approximate surface area is 108 Å². The van der Waals surface area contributed by atoms with E-state index in [9.17, 15) is 5.11 Å². The van der Waals surface area contributed by atoms with Crippen molar-refractivity contribution in [1.29, 1.82) is 0 Å². The maximum Gasteiger partial charge on any atom is 0.165 e. The van der Waals surface area contributed by atoms with Crippen LogP contribution in [0.4, 0.5) is 0 Å². The average Bonchev–Trinajstić information content (AvgIpc) is 2.43. The minimum Gasteiger partial charge on any atom is -0.486 e. The molecule has 4 heteroatoms. The van der Waals surface area contributed by atoms with E-state index in [0.717, 1.165) is 43.0 Å². The number of nitrogens with one attached hydrogen (secondary N) is 1. The van der Waals surface area contributed by atoms with Crippen LogP contribution in [0.5, 0.6) is 11.5 Å². The van der Waals surface area contributed by atoms with Gasteiger partial charge in [0.1, 0.15) is 13.2 Å². The first kappa shape index (κ1) is 13.2. The number of para-hydroxylation sites is 1. The lowest BCUT2D eigenvalue weighted by Gasteiger charge is -2.21. The van der Waals surface area contributed by atoms with E-state index in [2.05, 4.69) is 5.32 Å². The molecule has 18 heavy (non-hydrogen) atoms. The highest BCUT2D eigenvalue weighted by Crippen LogP contribution is 2.33. The summed E-state index contributed by atoms with van der Waals surface area (Å²) in [5, 5.41) is 12.8. The van der Waals surface area contributed by atoms with E-state index in [4.69, 9.17) is 9.47 Å². The van der Waals surface area contributed by atoms with Crippen LogP contribution in [0.25, 0.3) is 0 Å². The molecule has 0 radical (unpaired) electrons. The maximum absolute atomic E-state index is 9.46. The van der Waals surface area contributed by atoms with Gasteiger partial charge < -0.3 is 19.9 Å². The number of hydrogen-bond donors (Lipinski definition) is 2. The molecule has 1 aliphatic rings. The van der Waals surface area contributed by atoms with Crippen molar-refractivity contribution in [3.05, 3.63) is 23.8 Å². The van der Waals surface area contributed by atoms with Gasteiger partial charge in [-0.1, -0.05) is 19.1 Å². The number of fused-ring (bicyclic) bond motifs is 1. The summed E-state index contributed by atoms with van der Waals surface area (Å²) in [5.74, 6) is 1.68. The fraction of sp³-hybridized carbons (Fsp3) is 0.571. The number of hydrogen-bond acceptors (Lipinski definition) is 4. The molecule has 1 atom stereocenters. The van der Waals surface area contributed by atoms with Gasteiger partial charge in [0.15, 0.2) is 11.5 Å². The first-order valence-electron chi connectivity index (χ1n) is 6.57. The molecule has 0 aliphatic carbocycles. The van der Waals surface area contributed by atoms with E-state index in [1.165, 1.54) is 0 Å². The third-order valence-electron chi connectivity index (χ3n) is 3.09. The lowest BCUT2D eigenvalue weighted by Crippen LogP contribution is -2.22. The first-order chi connectivity index (χ1) is 8.81. The molecule has 1 aliphatic heterocycles. The van der Waals surface area contributed by atoms with Gasteiger partial charge in [-0.2, -0.15) is 0 Å². The van der Waals surface area contributed by atoms with E-state index < -0.39 is 0 Å². The molecule has 0 amide bonds. The number of benzene rings is 1. The highest BCUT2D eigenvalue weighted by atomic mass is 16.6. The molecular weight excluding hydrogens is 230 g/mol. The Bertz CT molecular complexity index is 381. The monoisotopic (exact) mass is 251 g/mol. The van der Waals surface area contributed by atoms with Gasteiger partial charge >= 0.3 is 0 Å². The molecule has 0 saturated carbocycles. The molecule has 0 saturated heterocycles. The normalized spacial score (nSPS) is 15.4. The minimum absolute atomic E-state index is 0.207. The second-order valence-corrected chi connectivity index (χ2v) is 4.47. The zero-order valence-corrected chi connectivity index (χ0v) is 10.8. The van der Waals surface area contributed by atoms with Gasteiger partial charge in [0.2, 0.25) is 0 Å². The van der Waals surface area contributed by atoms with Crippen molar-refractivity contribution in [2.24, 2.45) is 0 Å². The van der Waals surface area contributed by atoms with Gasteiger partial charge in [-0.3, -0.25) is 0 Å². The molecule has 0 aromatic heterocycles. The highest BCUT2D eigenvalue weighted by Gasteiger charge is 2.14. The molecule has 1 unspecified atom stereocenters. The van der Waals surface area contributed by atoms with Crippen molar-refractivity contribution in [1.82, 2.24) is 5.32 Å². The van der Waals surface area contributed by atoms with Crippen LogP contribution in [0.2, 0.25) is 0 Å². The molecule has 2 rings (SSSR count). The van der Waals surface area contributed by atoms with Crippen LogP contribution in [0.15, 0.2) is 18.2 Å². The van der Waals surface area contributed by atoms with Crippen LogP contribution in [0, 0.1) is 0 Å². The van der Waals surface area contributed by atoms with Crippen LogP contribution in [-0.4, -0.2) is 31.0 Å². The number of aliphatic hydroxyl groups excluding tert-OH is 1. The summed E-state index contributed by atoms with van der Waals surface area (Å²) in [7, 11) is 0. The van der Waals surface area contributed by atoms with E-state index >= 15 is 0 Å². The number of ether oxygens (including phenoxy) is 2. The van der Waals surface area contributed by atoms with Gasteiger partial charge in [0.25, 0.3) is 0 Å². The van der Waals surface area contributed by atoms with Crippen molar-refractivity contribution in [2.75, 3.05) is 19.8 Å².